The second-order valence-electron chi connectivity index (χ2n) is 5.88. The molecule has 2 unspecified atom stereocenters. The van der Waals surface area contributed by atoms with Gasteiger partial charge in [0.2, 0.25) is 11.8 Å². The van der Waals surface area contributed by atoms with Crippen molar-refractivity contribution in [1.82, 2.24) is 10.6 Å². The van der Waals surface area contributed by atoms with Gasteiger partial charge in [0.1, 0.15) is 0 Å². The van der Waals surface area contributed by atoms with Crippen molar-refractivity contribution >= 4 is 23.2 Å². The number of nitrogens with one attached hydrogen (secondary N) is 2. The van der Waals surface area contributed by atoms with Crippen molar-refractivity contribution < 1.29 is 22.8 Å². The molecule has 0 saturated heterocycles. The SMILES string of the molecule is CC(=O)NC(CC(=O)NC(C)c1ccc(C(F)(F)F)cc1)c1cccs1. The summed E-state index contributed by atoms with van der Waals surface area (Å²) in [6, 6.07) is 7.44. The number of hydrogen-bond acceptors (Lipinski definition) is 3. The summed E-state index contributed by atoms with van der Waals surface area (Å²) in [5, 5.41) is 7.34. The Morgan fingerprint density at radius 3 is 2.27 bits per heavy atom. The molecule has 1 heterocycles. The lowest BCUT2D eigenvalue weighted by molar-refractivity contribution is -0.137. The van der Waals surface area contributed by atoms with E-state index in [0.717, 1.165) is 17.0 Å². The molecular formula is C18H19F3N2O2S. The Balaban J connectivity index is 2.00. The lowest BCUT2D eigenvalue weighted by Crippen LogP contribution is -2.33. The van der Waals surface area contributed by atoms with Crippen LogP contribution in [0.4, 0.5) is 13.2 Å². The van der Waals surface area contributed by atoms with Crippen LogP contribution in [0.1, 0.15) is 48.4 Å². The first-order valence-electron chi connectivity index (χ1n) is 7.94. The van der Waals surface area contributed by atoms with Crippen LogP contribution in [-0.4, -0.2) is 11.8 Å². The highest BCUT2D eigenvalue weighted by Crippen LogP contribution is 2.30. The monoisotopic (exact) mass is 384 g/mol. The molecule has 2 aromatic rings. The Morgan fingerprint density at radius 1 is 1.12 bits per heavy atom. The first kappa shape index (κ1) is 20.0. The van der Waals surface area contributed by atoms with Gasteiger partial charge in [-0.2, -0.15) is 13.2 Å². The highest BCUT2D eigenvalue weighted by atomic mass is 32.1. The van der Waals surface area contributed by atoms with Crippen LogP contribution >= 0.6 is 11.3 Å². The van der Waals surface area contributed by atoms with Crippen LogP contribution in [0.3, 0.4) is 0 Å². The largest absolute Gasteiger partial charge is 0.416 e. The number of carbonyl (C=O) groups excluding carboxylic acids is 2. The predicted octanol–water partition coefficient (Wildman–Crippen LogP) is 4.21. The number of benzene rings is 1. The molecule has 0 fully saturated rings. The molecule has 0 spiro atoms. The van der Waals surface area contributed by atoms with Gasteiger partial charge in [-0.3, -0.25) is 9.59 Å². The standard InChI is InChI=1S/C18H19F3N2O2S/c1-11(13-5-7-14(8-6-13)18(19,20)21)22-17(25)10-15(23-12(2)24)16-4-3-9-26-16/h3-9,11,15H,10H2,1-2H3,(H,22,25)(H,23,24). The van der Waals surface area contributed by atoms with Crippen LogP contribution in [0, 0.1) is 0 Å². The van der Waals surface area contributed by atoms with Crippen molar-refractivity contribution in [2.24, 2.45) is 0 Å². The predicted molar refractivity (Wildman–Crippen MR) is 93.5 cm³/mol. The fraction of sp³-hybridized carbons (Fsp3) is 0.333. The van der Waals surface area contributed by atoms with Crippen LogP contribution in [0.2, 0.25) is 0 Å². The van der Waals surface area contributed by atoms with E-state index in [1.54, 1.807) is 6.92 Å². The zero-order valence-corrected chi connectivity index (χ0v) is 15.1. The van der Waals surface area contributed by atoms with Crippen molar-refractivity contribution in [2.75, 3.05) is 0 Å². The van der Waals surface area contributed by atoms with Crippen molar-refractivity contribution in [3.63, 3.8) is 0 Å². The van der Waals surface area contributed by atoms with E-state index < -0.39 is 23.8 Å². The van der Waals surface area contributed by atoms with Crippen LogP contribution in [-0.2, 0) is 15.8 Å². The number of amides is 2. The van der Waals surface area contributed by atoms with Gasteiger partial charge in [-0.05, 0) is 36.1 Å². The Hall–Kier alpha value is -2.35. The fourth-order valence-corrected chi connectivity index (χ4v) is 3.27. The maximum absolute atomic E-state index is 12.6. The zero-order chi connectivity index (χ0) is 19.3. The summed E-state index contributed by atoms with van der Waals surface area (Å²) in [4.78, 5) is 24.5. The van der Waals surface area contributed by atoms with E-state index >= 15 is 0 Å². The van der Waals surface area contributed by atoms with Gasteiger partial charge in [-0.1, -0.05) is 18.2 Å². The molecule has 0 saturated carbocycles. The first-order chi connectivity index (χ1) is 12.2. The maximum atomic E-state index is 12.6. The molecule has 1 aromatic heterocycles. The van der Waals surface area contributed by atoms with Crippen molar-refractivity contribution in [3.8, 4) is 0 Å². The highest BCUT2D eigenvalue weighted by Gasteiger charge is 2.30. The number of hydrogen-bond donors (Lipinski definition) is 2. The summed E-state index contributed by atoms with van der Waals surface area (Å²) in [6.07, 6.45) is -4.34. The normalized spacial score (nSPS) is 13.7. The quantitative estimate of drug-likeness (QED) is 0.784. The third kappa shape index (κ3) is 5.59. The average molecular weight is 384 g/mol. The summed E-state index contributed by atoms with van der Waals surface area (Å²) in [7, 11) is 0. The third-order valence-corrected chi connectivity index (χ3v) is 4.76. The summed E-state index contributed by atoms with van der Waals surface area (Å²) >= 11 is 1.43. The number of thiophene rings is 1. The van der Waals surface area contributed by atoms with Crippen LogP contribution in [0.5, 0.6) is 0 Å². The topological polar surface area (TPSA) is 58.2 Å². The van der Waals surface area contributed by atoms with Crippen molar-refractivity contribution in [1.29, 1.82) is 0 Å². The van der Waals surface area contributed by atoms with E-state index in [0.29, 0.717) is 5.56 Å². The number of carbonyl (C=O) groups is 2. The fourth-order valence-electron chi connectivity index (χ4n) is 2.49. The Bertz CT molecular complexity index is 743. The molecule has 2 N–H and O–H groups in total. The van der Waals surface area contributed by atoms with E-state index in [4.69, 9.17) is 0 Å². The van der Waals surface area contributed by atoms with Gasteiger partial charge in [0.05, 0.1) is 24.1 Å². The van der Waals surface area contributed by atoms with Gasteiger partial charge in [0.15, 0.2) is 0 Å². The molecule has 0 aliphatic heterocycles. The second kappa shape index (κ2) is 8.35. The molecule has 0 aliphatic rings. The average Bonchev–Trinajstić information content (AvgIpc) is 3.07. The van der Waals surface area contributed by atoms with Gasteiger partial charge in [-0.15, -0.1) is 11.3 Å². The third-order valence-electron chi connectivity index (χ3n) is 3.77. The van der Waals surface area contributed by atoms with Gasteiger partial charge >= 0.3 is 6.18 Å². The van der Waals surface area contributed by atoms with Crippen LogP contribution in [0.15, 0.2) is 41.8 Å². The summed E-state index contributed by atoms with van der Waals surface area (Å²) < 4.78 is 37.8. The minimum atomic E-state index is -4.39. The van der Waals surface area contributed by atoms with Crippen molar-refractivity contribution in [2.45, 2.75) is 38.5 Å². The van der Waals surface area contributed by atoms with Gasteiger partial charge in [0.25, 0.3) is 0 Å². The Labute approximate surface area is 153 Å². The minimum Gasteiger partial charge on any atom is -0.350 e. The van der Waals surface area contributed by atoms with Gasteiger partial charge < -0.3 is 10.6 Å². The smallest absolute Gasteiger partial charge is 0.350 e. The second-order valence-corrected chi connectivity index (χ2v) is 6.86. The number of rotatable bonds is 6. The van der Waals surface area contributed by atoms with Crippen LogP contribution < -0.4 is 10.6 Å². The summed E-state index contributed by atoms with van der Waals surface area (Å²) in [5.74, 6) is -0.545. The van der Waals surface area contributed by atoms with Crippen LogP contribution in [0.25, 0.3) is 0 Å². The Kier molecular flexibility index (Phi) is 6.42. The van der Waals surface area contributed by atoms with Gasteiger partial charge in [0, 0.05) is 11.8 Å². The van der Waals surface area contributed by atoms with E-state index in [2.05, 4.69) is 10.6 Å². The molecule has 1 aromatic carbocycles. The maximum Gasteiger partial charge on any atom is 0.416 e. The molecular weight excluding hydrogens is 365 g/mol. The molecule has 2 amide bonds. The van der Waals surface area contributed by atoms with Gasteiger partial charge in [-0.25, -0.2) is 0 Å². The zero-order valence-electron chi connectivity index (χ0n) is 14.3. The molecule has 140 valence electrons. The van der Waals surface area contributed by atoms with E-state index in [9.17, 15) is 22.8 Å². The molecule has 0 radical (unpaired) electrons. The van der Waals surface area contributed by atoms with E-state index in [1.807, 2.05) is 17.5 Å². The van der Waals surface area contributed by atoms with E-state index in [1.165, 1.54) is 30.4 Å². The molecule has 0 aliphatic carbocycles. The number of halogens is 3. The lowest BCUT2D eigenvalue weighted by Gasteiger charge is -2.19. The molecule has 0 bridgehead atoms. The summed E-state index contributed by atoms with van der Waals surface area (Å²) in [6.45, 7) is 3.07. The molecule has 26 heavy (non-hydrogen) atoms. The first-order valence-corrected chi connectivity index (χ1v) is 8.82. The molecule has 2 rings (SSSR count). The molecule has 2 atom stereocenters. The molecule has 4 nitrogen and oxygen atoms in total. The van der Waals surface area contributed by atoms with Crippen molar-refractivity contribution in [3.05, 3.63) is 57.8 Å². The minimum absolute atomic E-state index is 0.0467. The lowest BCUT2D eigenvalue weighted by atomic mass is 10.0. The summed E-state index contributed by atoms with van der Waals surface area (Å²) in [5.41, 5.74) is -0.165. The number of alkyl halides is 3. The van der Waals surface area contributed by atoms with E-state index in [-0.39, 0.29) is 18.2 Å². The highest BCUT2D eigenvalue weighted by molar-refractivity contribution is 7.10. The Morgan fingerprint density at radius 2 is 1.77 bits per heavy atom. The molecule has 8 heteroatoms.